The van der Waals surface area contributed by atoms with Crippen LogP contribution in [0.4, 0.5) is 0 Å². The molecule has 0 amide bonds. The number of aromatic nitrogens is 1. The van der Waals surface area contributed by atoms with Gasteiger partial charge in [-0.25, -0.2) is 0 Å². The van der Waals surface area contributed by atoms with Crippen LogP contribution in [0.25, 0.3) is 10.9 Å². The van der Waals surface area contributed by atoms with Gasteiger partial charge in [0.05, 0.1) is 0 Å². The van der Waals surface area contributed by atoms with E-state index in [2.05, 4.69) is 49.7 Å². The van der Waals surface area contributed by atoms with Crippen LogP contribution in [-0.4, -0.2) is 4.57 Å². The first-order chi connectivity index (χ1) is 7.25. The Morgan fingerprint density at radius 3 is 2.60 bits per heavy atom. The third-order valence-electron chi connectivity index (χ3n) is 3.27. The number of rotatable bonds is 3. The molecule has 2 rings (SSSR count). The minimum atomic E-state index is 1.20. The minimum absolute atomic E-state index is 1.20. The van der Waals surface area contributed by atoms with Gasteiger partial charge in [0.2, 0.25) is 0 Å². The zero-order valence-corrected chi connectivity index (χ0v) is 9.88. The summed E-state index contributed by atoms with van der Waals surface area (Å²) < 4.78 is 2.35. The summed E-state index contributed by atoms with van der Waals surface area (Å²) in [5.74, 6) is 0. The van der Waals surface area contributed by atoms with Gasteiger partial charge in [-0.2, -0.15) is 0 Å². The molecule has 1 aromatic heterocycles. The van der Waals surface area contributed by atoms with Gasteiger partial charge < -0.3 is 4.57 Å². The first-order valence-electron chi connectivity index (χ1n) is 5.78. The Labute approximate surface area is 91.7 Å². The molecule has 1 heterocycles. The van der Waals surface area contributed by atoms with Crippen molar-refractivity contribution in [3.05, 3.63) is 35.5 Å². The van der Waals surface area contributed by atoms with Crippen molar-refractivity contribution in [2.45, 2.75) is 33.1 Å². The number of para-hydroxylation sites is 1. The van der Waals surface area contributed by atoms with Gasteiger partial charge in [-0.05, 0) is 31.4 Å². The fourth-order valence-electron chi connectivity index (χ4n) is 2.34. The Bertz CT molecular complexity index is 426. The van der Waals surface area contributed by atoms with Crippen LogP contribution in [0.1, 0.15) is 31.0 Å². The highest BCUT2D eigenvalue weighted by atomic mass is 14.9. The largest absolute Gasteiger partial charge is 0.347 e. The van der Waals surface area contributed by atoms with E-state index in [0.29, 0.717) is 0 Å². The molecule has 0 unspecified atom stereocenters. The first-order valence-corrected chi connectivity index (χ1v) is 5.78. The van der Waals surface area contributed by atoms with Gasteiger partial charge in [-0.1, -0.05) is 31.5 Å². The molecule has 0 aliphatic rings. The number of aryl methyl sites for hydroxylation is 2. The third-order valence-corrected chi connectivity index (χ3v) is 3.27. The maximum Gasteiger partial charge on any atom is 0.0482 e. The standard InChI is InChI=1S/C14H19N/c1-4-5-9-13-11(2)12-8-6-7-10-14(12)15(13)3/h6-8,10H,4-5,9H2,1-3H3. The smallest absolute Gasteiger partial charge is 0.0482 e. The predicted octanol–water partition coefficient (Wildman–Crippen LogP) is 3.83. The lowest BCUT2D eigenvalue weighted by Crippen LogP contribution is -1.97. The zero-order chi connectivity index (χ0) is 10.8. The second kappa shape index (κ2) is 4.09. The first kappa shape index (κ1) is 10.3. The van der Waals surface area contributed by atoms with E-state index in [1.165, 1.54) is 41.4 Å². The molecule has 1 nitrogen and oxygen atoms in total. The molecule has 0 saturated heterocycles. The van der Waals surface area contributed by atoms with Crippen molar-refractivity contribution in [3.63, 3.8) is 0 Å². The summed E-state index contributed by atoms with van der Waals surface area (Å²) in [5.41, 5.74) is 4.32. The van der Waals surface area contributed by atoms with Gasteiger partial charge in [0.15, 0.2) is 0 Å². The normalized spacial score (nSPS) is 11.1. The van der Waals surface area contributed by atoms with E-state index in [0.717, 1.165) is 0 Å². The van der Waals surface area contributed by atoms with Gasteiger partial charge >= 0.3 is 0 Å². The van der Waals surface area contributed by atoms with E-state index in [1.807, 2.05) is 0 Å². The molecule has 0 spiro atoms. The van der Waals surface area contributed by atoms with Crippen LogP contribution in [0, 0.1) is 6.92 Å². The summed E-state index contributed by atoms with van der Waals surface area (Å²) in [4.78, 5) is 0. The van der Waals surface area contributed by atoms with Crippen molar-refractivity contribution in [3.8, 4) is 0 Å². The van der Waals surface area contributed by atoms with Crippen LogP contribution in [0.2, 0.25) is 0 Å². The van der Waals surface area contributed by atoms with E-state index < -0.39 is 0 Å². The summed E-state index contributed by atoms with van der Waals surface area (Å²) in [6.07, 6.45) is 3.75. The number of fused-ring (bicyclic) bond motifs is 1. The van der Waals surface area contributed by atoms with Gasteiger partial charge in [0, 0.05) is 23.6 Å². The summed E-state index contributed by atoms with van der Waals surface area (Å²) >= 11 is 0. The van der Waals surface area contributed by atoms with E-state index in [4.69, 9.17) is 0 Å². The Hall–Kier alpha value is -1.24. The van der Waals surface area contributed by atoms with E-state index >= 15 is 0 Å². The van der Waals surface area contributed by atoms with Crippen molar-refractivity contribution in [1.82, 2.24) is 4.57 Å². The van der Waals surface area contributed by atoms with E-state index in [1.54, 1.807) is 0 Å². The second-order valence-corrected chi connectivity index (χ2v) is 4.25. The maximum absolute atomic E-state index is 2.35. The van der Waals surface area contributed by atoms with Crippen LogP contribution in [0.5, 0.6) is 0 Å². The molecule has 0 fully saturated rings. The summed E-state index contributed by atoms with van der Waals surface area (Å²) in [6.45, 7) is 4.49. The summed E-state index contributed by atoms with van der Waals surface area (Å²) in [7, 11) is 2.18. The lowest BCUT2D eigenvalue weighted by molar-refractivity contribution is 0.737. The molecule has 0 N–H and O–H groups in total. The Balaban J connectivity index is 2.54. The number of hydrogen-bond donors (Lipinski definition) is 0. The molecule has 1 aromatic carbocycles. The molecular formula is C14H19N. The van der Waals surface area contributed by atoms with Gasteiger partial charge in [-0.3, -0.25) is 0 Å². The predicted molar refractivity (Wildman–Crippen MR) is 66.3 cm³/mol. The molecule has 1 heteroatoms. The van der Waals surface area contributed by atoms with Crippen LogP contribution in [0.15, 0.2) is 24.3 Å². The highest BCUT2D eigenvalue weighted by molar-refractivity contribution is 5.85. The number of unbranched alkanes of at least 4 members (excludes halogenated alkanes) is 1. The average Bonchev–Trinajstić information content (AvgIpc) is 2.51. The van der Waals surface area contributed by atoms with Crippen LogP contribution < -0.4 is 0 Å². The molecule has 0 atom stereocenters. The molecule has 0 aliphatic carbocycles. The van der Waals surface area contributed by atoms with E-state index in [-0.39, 0.29) is 0 Å². The fourth-order valence-corrected chi connectivity index (χ4v) is 2.34. The van der Waals surface area contributed by atoms with Crippen molar-refractivity contribution < 1.29 is 0 Å². The number of hydrogen-bond acceptors (Lipinski definition) is 0. The molecule has 0 aliphatic heterocycles. The van der Waals surface area contributed by atoms with Crippen molar-refractivity contribution in [1.29, 1.82) is 0 Å². The Morgan fingerprint density at radius 1 is 1.20 bits per heavy atom. The molecule has 80 valence electrons. The zero-order valence-electron chi connectivity index (χ0n) is 9.88. The molecule has 0 bridgehead atoms. The average molecular weight is 201 g/mol. The quantitative estimate of drug-likeness (QED) is 0.711. The van der Waals surface area contributed by atoms with Gasteiger partial charge in [0.1, 0.15) is 0 Å². The van der Waals surface area contributed by atoms with Crippen molar-refractivity contribution in [2.24, 2.45) is 7.05 Å². The molecule has 2 aromatic rings. The van der Waals surface area contributed by atoms with Crippen LogP contribution in [0.3, 0.4) is 0 Å². The topological polar surface area (TPSA) is 4.93 Å². The second-order valence-electron chi connectivity index (χ2n) is 4.25. The van der Waals surface area contributed by atoms with E-state index in [9.17, 15) is 0 Å². The Kier molecular flexibility index (Phi) is 2.81. The summed E-state index contributed by atoms with van der Waals surface area (Å²) in [5, 5.41) is 1.41. The van der Waals surface area contributed by atoms with Crippen LogP contribution in [-0.2, 0) is 13.5 Å². The fraction of sp³-hybridized carbons (Fsp3) is 0.429. The molecule has 0 saturated carbocycles. The highest BCUT2D eigenvalue weighted by Crippen LogP contribution is 2.25. The van der Waals surface area contributed by atoms with Gasteiger partial charge in [-0.15, -0.1) is 0 Å². The molecular weight excluding hydrogens is 182 g/mol. The summed E-state index contributed by atoms with van der Waals surface area (Å²) in [6, 6.07) is 8.67. The SMILES string of the molecule is CCCCc1c(C)c2ccccc2n1C. The third kappa shape index (κ3) is 1.67. The maximum atomic E-state index is 2.35. The lowest BCUT2D eigenvalue weighted by Gasteiger charge is -2.04. The van der Waals surface area contributed by atoms with Gasteiger partial charge in [0.25, 0.3) is 0 Å². The number of nitrogens with zero attached hydrogens (tertiary/aromatic N) is 1. The molecule has 0 radical (unpaired) electrons. The molecule has 15 heavy (non-hydrogen) atoms. The Morgan fingerprint density at radius 2 is 1.93 bits per heavy atom. The lowest BCUT2D eigenvalue weighted by atomic mass is 10.1. The minimum Gasteiger partial charge on any atom is -0.347 e. The monoisotopic (exact) mass is 201 g/mol. The highest BCUT2D eigenvalue weighted by Gasteiger charge is 2.09. The van der Waals surface area contributed by atoms with Crippen LogP contribution >= 0.6 is 0 Å². The van der Waals surface area contributed by atoms with Crippen molar-refractivity contribution >= 4 is 10.9 Å². The van der Waals surface area contributed by atoms with Crippen molar-refractivity contribution in [2.75, 3.05) is 0 Å². The number of benzene rings is 1.